The average Bonchev–Trinajstić information content (AvgIpc) is 3.08. The fourth-order valence-corrected chi connectivity index (χ4v) is 4.57. The lowest BCUT2D eigenvalue weighted by Crippen LogP contribution is -2.31. The highest BCUT2D eigenvalue weighted by atomic mass is 32.2. The summed E-state index contributed by atoms with van der Waals surface area (Å²) >= 11 is 2.99. The molecule has 1 aromatic carbocycles. The van der Waals surface area contributed by atoms with Crippen LogP contribution in [0.5, 0.6) is 5.75 Å². The van der Waals surface area contributed by atoms with Crippen molar-refractivity contribution in [1.82, 2.24) is 20.1 Å². The van der Waals surface area contributed by atoms with Crippen LogP contribution < -0.4 is 4.74 Å². The summed E-state index contributed by atoms with van der Waals surface area (Å²) in [6.07, 6.45) is 0. The summed E-state index contributed by atoms with van der Waals surface area (Å²) in [5, 5.41) is 10.5. The average molecular weight is 403 g/mol. The summed E-state index contributed by atoms with van der Waals surface area (Å²) in [7, 11) is 1.64. The summed E-state index contributed by atoms with van der Waals surface area (Å²) in [4.78, 5) is 18.8. The summed E-state index contributed by atoms with van der Waals surface area (Å²) in [6, 6.07) is 7.74. The van der Waals surface area contributed by atoms with E-state index < -0.39 is 0 Å². The van der Waals surface area contributed by atoms with Gasteiger partial charge in [-0.2, -0.15) is 0 Å². The molecule has 0 N–H and O–H groups in total. The predicted molar refractivity (Wildman–Crippen MR) is 111 cm³/mol. The van der Waals surface area contributed by atoms with E-state index >= 15 is 0 Å². The number of carbonyl (C=O) groups is 1. The smallest absolute Gasteiger partial charge is 0.232 e. The van der Waals surface area contributed by atoms with Crippen LogP contribution in [0.3, 0.4) is 0 Å². The molecule has 2 heterocycles. The predicted octanol–water partition coefficient (Wildman–Crippen LogP) is 4.03. The molecule has 3 aromatic rings. The van der Waals surface area contributed by atoms with E-state index in [4.69, 9.17) is 4.74 Å². The van der Waals surface area contributed by atoms with Gasteiger partial charge in [0, 0.05) is 18.7 Å². The molecule has 0 atom stereocenters. The summed E-state index contributed by atoms with van der Waals surface area (Å²) < 4.78 is 6.21. The molecule has 2 aromatic heterocycles. The van der Waals surface area contributed by atoms with Gasteiger partial charge >= 0.3 is 0 Å². The van der Waals surface area contributed by atoms with Gasteiger partial charge in [0.2, 0.25) is 5.91 Å². The Morgan fingerprint density at radius 3 is 2.52 bits per heavy atom. The monoisotopic (exact) mass is 402 g/mol. The van der Waals surface area contributed by atoms with E-state index in [0.717, 1.165) is 32.2 Å². The maximum Gasteiger partial charge on any atom is 0.232 e. The lowest BCUT2D eigenvalue weighted by Gasteiger charge is -2.17. The molecular formula is C19H22N4O2S2. The van der Waals surface area contributed by atoms with Crippen LogP contribution >= 0.6 is 23.1 Å². The third-order valence-corrected chi connectivity index (χ3v) is 6.12. The van der Waals surface area contributed by atoms with E-state index in [1.807, 2.05) is 49.9 Å². The molecule has 27 heavy (non-hydrogen) atoms. The van der Waals surface area contributed by atoms with Crippen molar-refractivity contribution in [3.8, 4) is 17.0 Å². The van der Waals surface area contributed by atoms with E-state index in [9.17, 15) is 4.79 Å². The molecule has 3 rings (SSSR count). The first-order valence-corrected chi connectivity index (χ1v) is 10.6. The number of aryl methyl sites for hydroxylation is 1. The van der Waals surface area contributed by atoms with E-state index in [2.05, 4.69) is 15.2 Å². The number of methoxy groups -OCH3 is 1. The second-order valence-corrected chi connectivity index (χ2v) is 8.01. The van der Waals surface area contributed by atoms with Crippen molar-refractivity contribution in [3.05, 3.63) is 29.3 Å². The number of ether oxygens (including phenoxy) is 1. The van der Waals surface area contributed by atoms with Gasteiger partial charge < -0.3 is 9.64 Å². The number of thiazole rings is 1. The highest BCUT2D eigenvalue weighted by Crippen LogP contribution is 2.35. The Morgan fingerprint density at radius 2 is 1.89 bits per heavy atom. The highest BCUT2D eigenvalue weighted by Gasteiger charge is 2.18. The second kappa shape index (κ2) is 8.67. The van der Waals surface area contributed by atoms with Crippen LogP contribution in [-0.4, -0.2) is 51.9 Å². The number of benzene rings is 1. The van der Waals surface area contributed by atoms with Gasteiger partial charge in [-0.25, -0.2) is 4.98 Å². The minimum atomic E-state index is 0.103. The first-order chi connectivity index (χ1) is 13.1. The van der Waals surface area contributed by atoms with Crippen LogP contribution in [0.4, 0.5) is 0 Å². The van der Waals surface area contributed by atoms with Crippen LogP contribution in [0, 0.1) is 6.92 Å². The number of rotatable bonds is 7. The Bertz CT molecular complexity index is 937. The van der Waals surface area contributed by atoms with Gasteiger partial charge in [-0.15, -0.1) is 21.5 Å². The molecule has 0 saturated carbocycles. The zero-order chi connectivity index (χ0) is 19.4. The van der Waals surface area contributed by atoms with Crippen molar-refractivity contribution in [1.29, 1.82) is 0 Å². The topological polar surface area (TPSA) is 68.2 Å². The number of hydrogen-bond acceptors (Lipinski definition) is 7. The van der Waals surface area contributed by atoms with Gasteiger partial charge in [0.1, 0.15) is 22.0 Å². The van der Waals surface area contributed by atoms with Gasteiger partial charge in [-0.05, 0) is 45.0 Å². The number of fused-ring (bicyclic) bond motifs is 1. The Kier molecular flexibility index (Phi) is 6.28. The molecule has 0 fully saturated rings. The molecule has 0 unspecified atom stereocenters. The van der Waals surface area contributed by atoms with Crippen molar-refractivity contribution in [3.63, 3.8) is 0 Å². The molecule has 0 saturated heterocycles. The van der Waals surface area contributed by atoms with Crippen molar-refractivity contribution < 1.29 is 9.53 Å². The number of aromatic nitrogens is 3. The maximum absolute atomic E-state index is 12.3. The van der Waals surface area contributed by atoms with Crippen LogP contribution in [-0.2, 0) is 4.79 Å². The Hall–Kier alpha value is -2.19. The largest absolute Gasteiger partial charge is 0.497 e. The Labute approximate surface area is 167 Å². The van der Waals surface area contributed by atoms with E-state index in [-0.39, 0.29) is 5.91 Å². The number of carbonyl (C=O) groups excluding carboxylic acids is 1. The fraction of sp³-hybridized carbons (Fsp3) is 0.368. The molecule has 0 aliphatic rings. The summed E-state index contributed by atoms with van der Waals surface area (Å²) in [6.45, 7) is 7.36. The second-order valence-electron chi connectivity index (χ2n) is 5.85. The van der Waals surface area contributed by atoms with Crippen LogP contribution in [0.2, 0.25) is 0 Å². The SMILES string of the molecule is CCN(CC)C(=O)CSc1nnc(-c2ccc(OC)cc2)c2sc(C)nc12. The van der Waals surface area contributed by atoms with Gasteiger partial charge in [-0.3, -0.25) is 4.79 Å². The molecule has 0 radical (unpaired) electrons. The molecule has 6 nitrogen and oxygen atoms in total. The zero-order valence-electron chi connectivity index (χ0n) is 15.9. The highest BCUT2D eigenvalue weighted by molar-refractivity contribution is 8.00. The molecule has 0 aliphatic heterocycles. The standard InChI is InChI=1S/C19H22N4O2S2/c1-5-23(6-2)15(24)11-26-19-17-18(27-12(3)20-17)16(21-22-19)13-7-9-14(25-4)10-8-13/h7-10H,5-6,11H2,1-4H3. The molecule has 142 valence electrons. The number of nitrogens with zero attached hydrogens (tertiary/aromatic N) is 4. The molecule has 1 amide bonds. The normalized spacial score (nSPS) is 11.0. The lowest BCUT2D eigenvalue weighted by molar-refractivity contribution is -0.127. The quantitative estimate of drug-likeness (QED) is 0.556. The van der Waals surface area contributed by atoms with Crippen molar-refractivity contribution >= 4 is 39.2 Å². The lowest BCUT2D eigenvalue weighted by atomic mass is 10.1. The van der Waals surface area contributed by atoms with Crippen molar-refractivity contribution in [2.45, 2.75) is 25.8 Å². The van der Waals surface area contributed by atoms with Gasteiger partial charge in [0.25, 0.3) is 0 Å². The first kappa shape index (κ1) is 19.6. The third kappa shape index (κ3) is 4.22. The molecular weight excluding hydrogens is 380 g/mol. The minimum Gasteiger partial charge on any atom is -0.497 e. The van der Waals surface area contributed by atoms with Gasteiger partial charge in [-0.1, -0.05) is 11.8 Å². The molecule has 8 heteroatoms. The number of amides is 1. The van der Waals surface area contributed by atoms with Crippen molar-refractivity contribution in [2.75, 3.05) is 26.0 Å². The zero-order valence-corrected chi connectivity index (χ0v) is 17.5. The van der Waals surface area contributed by atoms with E-state index in [1.54, 1.807) is 18.4 Å². The van der Waals surface area contributed by atoms with Gasteiger partial charge in [0.05, 0.1) is 22.6 Å². The molecule has 0 bridgehead atoms. The molecule has 0 spiro atoms. The third-order valence-electron chi connectivity index (χ3n) is 4.20. The maximum atomic E-state index is 12.3. The van der Waals surface area contributed by atoms with Crippen LogP contribution in [0.25, 0.3) is 21.5 Å². The molecule has 0 aliphatic carbocycles. The van der Waals surface area contributed by atoms with Crippen LogP contribution in [0.1, 0.15) is 18.9 Å². The van der Waals surface area contributed by atoms with Gasteiger partial charge in [0.15, 0.2) is 0 Å². The number of hydrogen-bond donors (Lipinski definition) is 0. The Morgan fingerprint density at radius 1 is 1.19 bits per heavy atom. The van der Waals surface area contributed by atoms with E-state index in [0.29, 0.717) is 23.9 Å². The number of thioether (sulfide) groups is 1. The van der Waals surface area contributed by atoms with Crippen molar-refractivity contribution in [2.24, 2.45) is 0 Å². The minimum absolute atomic E-state index is 0.103. The van der Waals surface area contributed by atoms with E-state index in [1.165, 1.54) is 11.8 Å². The summed E-state index contributed by atoms with van der Waals surface area (Å²) in [5.41, 5.74) is 2.58. The van der Waals surface area contributed by atoms with Crippen LogP contribution in [0.15, 0.2) is 29.3 Å². The summed E-state index contributed by atoms with van der Waals surface area (Å²) in [5.74, 6) is 1.24. The first-order valence-electron chi connectivity index (χ1n) is 8.76. The fourth-order valence-electron chi connectivity index (χ4n) is 2.75. The Balaban J connectivity index is 1.92.